The molecule has 0 fully saturated rings. The van der Waals surface area contributed by atoms with E-state index < -0.39 is 12.0 Å². The zero-order valence-electron chi connectivity index (χ0n) is 10.0. The van der Waals surface area contributed by atoms with Gasteiger partial charge < -0.3 is 15.2 Å². The number of hydrogen-bond donors (Lipinski definition) is 1. The van der Waals surface area contributed by atoms with Crippen LogP contribution in [0.4, 0.5) is 0 Å². The van der Waals surface area contributed by atoms with Crippen molar-refractivity contribution in [1.29, 1.82) is 0 Å². The first-order valence-corrected chi connectivity index (χ1v) is 6.64. The summed E-state index contributed by atoms with van der Waals surface area (Å²) in [4.78, 5) is 23.4. The molecule has 1 amide bonds. The Morgan fingerprint density at radius 2 is 1.89 bits per heavy atom. The van der Waals surface area contributed by atoms with Crippen molar-refractivity contribution >= 4 is 23.2 Å². The van der Waals surface area contributed by atoms with Gasteiger partial charge in [-0.05, 0) is 23.4 Å². The SMILES string of the molecule is O=C(N[C@H](Cc1ccccc1)C(=O)[O-])c1cccs1. The molecule has 98 valence electrons. The Morgan fingerprint density at radius 3 is 2.47 bits per heavy atom. The summed E-state index contributed by atoms with van der Waals surface area (Å²) in [5.74, 6) is -1.67. The zero-order valence-corrected chi connectivity index (χ0v) is 10.9. The Balaban J connectivity index is 2.05. The zero-order chi connectivity index (χ0) is 13.7. The van der Waals surface area contributed by atoms with Gasteiger partial charge in [-0.1, -0.05) is 36.4 Å². The normalized spacial score (nSPS) is 11.8. The number of carboxylic acids is 1. The van der Waals surface area contributed by atoms with Crippen LogP contribution >= 0.6 is 11.3 Å². The lowest BCUT2D eigenvalue weighted by Gasteiger charge is -2.19. The van der Waals surface area contributed by atoms with E-state index in [1.807, 2.05) is 30.3 Å². The van der Waals surface area contributed by atoms with Gasteiger partial charge in [-0.25, -0.2) is 0 Å². The third kappa shape index (κ3) is 3.66. The molecule has 0 bridgehead atoms. The molecule has 4 nitrogen and oxygen atoms in total. The Morgan fingerprint density at radius 1 is 1.16 bits per heavy atom. The van der Waals surface area contributed by atoms with Gasteiger partial charge >= 0.3 is 0 Å². The van der Waals surface area contributed by atoms with Gasteiger partial charge in [-0.15, -0.1) is 11.3 Å². The molecule has 5 heteroatoms. The molecule has 0 radical (unpaired) electrons. The number of rotatable bonds is 5. The molecule has 0 aliphatic rings. The highest BCUT2D eigenvalue weighted by molar-refractivity contribution is 7.12. The Labute approximate surface area is 114 Å². The molecule has 0 saturated heterocycles. The third-order valence-corrected chi connectivity index (χ3v) is 3.49. The van der Waals surface area contributed by atoms with E-state index in [9.17, 15) is 14.7 Å². The van der Waals surface area contributed by atoms with Crippen LogP contribution in [0, 0.1) is 0 Å². The second-order valence-corrected chi connectivity index (χ2v) is 4.96. The van der Waals surface area contributed by atoms with Crippen molar-refractivity contribution in [2.24, 2.45) is 0 Å². The monoisotopic (exact) mass is 274 g/mol. The van der Waals surface area contributed by atoms with Crippen molar-refractivity contribution in [3.63, 3.8) is 0 Å². The van der Waals surface area contributed by atoms with Gasteiger partial charge in [0.05, 0.1) is 16.9 Å². The number of aliphatic carboxylic acids is 1. The number of amides is 1. The highest BCUT2D eigenvalue weighted by Crippen LogP contribution is 2.09. The molecule has 1 aromatic carbocycles. The second kappa shape index (κ2) is 6.15. The standard InChI is InChI=1S/C14H13NO3S/c16-13(12-7-4-8-19-12)15-11(14(17)18)9-10-5-2-1-3-6-10/h1-8,11H,9H2,(H,15,16)(H,17,18)/p-1/t11-/m1/s1. The summed E-state index contributed by atoms with van der Waals surface area (Å²) in [6, 6.07) is 11.5. The van der Waals surface area contributed by atoms with Gasteiger partial charge in [0.2, 0.25) is 0 Å². The molecule has 19 heavy (non-hydrogen) atoms. The number of hydrogen-bond acceptors (Lipinski definition) is 4. The second-order valence-electron chi connectivity index (χ2n) is 4.01. The van der Waals surface area contributed by atoms with Gasteiger partial charge in [-0.3, -0.25) is 4.79 Å². The van der Waals surface area contributed by atoms with Crippen LogP contribution in [0.15, 0.2) is 47.8 Å². The number of thiophene rings is 1. The largest absolute Gasteiger partial charge is 0.548 e. The molecule has 0 saturated carbocycles. The minimum atomic E-state index is -1.28. The average molecular weight is 274 g/mol. The van der Waals surface area contributed by atoms with Gasteiger partial charge in [0, 0.05) is 0 Å². The van der Waals surface area contributed by atoms with Crippen molar-refractivity contribution < 1.29 is 14.7 Å². The quantitative estimate of drug-likeness (QED) is 0.878. The highest BCUT2D eigenvalue weighted by atomic mass is 32.1. The molecule has 1 aromatic heterocycles. The number of nitrogens with one attached hydrogen (secondary N) is 1. The van der Waals surface area contributed by atoms with E-state index in [-0.39, 0.29) is 12.3 Å². The molecule has 1 N–H and O–H groups in total. The fourth-order valence-electron chi connectivity index (χ4n) is 1.68. The summed E-state index contributed by atoms with van der Waals surface area (Å²) in [5, 5.41) is 15.3. The maximum absolute atomic E-state index is 11.8. The molecule has 0 aliphatic heterocycles. The fourth-order valence-corrected chi connectivity index (χ4v) is 2.31. The lowest BCUT2D eigenvalue weighted by molar-refractivity contribution is -0.308. The highest BCUT2D eigenvalue weighted by Gasteiger charge is 2.15. The maximum Gasteiger partial charge on any atom is 0.261 e. The summed E-state index contributed by atoms with van der Waals surface area (Å²) in [6.07, 6.45) is 0.209. The smallest absolute Gasteiger partial charge is 0.261 e. The molecular weight excluding hydrogens is 262 g/mol. The molecule has 1 heterocycles. The van der Waals surface area contributed by atoms with Crippen LogP contribution in [-0.4, -0.2) is 17.9 Å². The fraction of sp³-hybridized carbons (Fsp3) is 0.143. The minimum absolute atomic E-state index is 0.209. The minimum Gasteiger partial charge on any atom is -0.548 e. The van der Waals surface area contributed by atoms with E-state index in [1.54, 1.807) is 17.5 Å². The summed E-state index contributed by atoms with van der Waals surface area (Å²) >= 11 is 1.27. The van der Waals surface area contributed by atoms with Crippen LogP contribution in [0.3, 0.4) is 0 Å². The lowest BCUT2D eigenvalue weighted by atomic mass is 10.1. The summed E-state index contributed by atoms with van der Waals surface area (Å²) in [6.45, 7) is 0. The van der Waals surface area contributed by atoms with Crippen LogP contribution < -0.4 is 10.4 Å². The Hall–Kier alpha value is -2.14. The summed E-state index contributed by atoms with van der Waals surface area (Å²) in [7, 11) is 0. The third-order valence-electron chi connectivity index (χ3n) is 2.62. The summed E-state index contributed by atoms with van der Waals surface area (Å²) in [5.41, 5.74) is 0.836. The van der Waals surface area contributed by atoms with Crippen LogP contribution in [0.5, 0.6) is 0 Å². The number of carbonyl (C=O) groups excluding carboxylic acids is 2. The first-order valence-electron chi connectivity index (χ1n) is 5.76. The maximum atomic E-state index is 11.8. The van der Waals surface area contributed by atoms with Crippen molar-refractivity contribution in [2.45, 2.75) is 12.5 Å². The average Bonchev–Trinajstić information content (AvgIpc) is 2.93. The Kier molecular flexibility index (Phi) is 4.30. The van der Waals surface area contributed by atoms with Crippen LogP contribution in [-0.2, 0) is 11.2 Å². The van der Waals surface area contributed by atoms with Gasteiger partial charge in [0.1, 0.15) is 0 Å². The predicted octanol–water partition coefficient (Wildman–Crippen LogP) is 0.839. The van der Waals surface area contributed by atoms with E-state index in [0.29, 0.717) is 4.88 Å². The van der Waals surface area contributed by atoms with E-state index in [4.69, 9.17) is 0 Å². The first kappa shape index (κ1) is 13.3. The lowest BCUT2D eigenvalue weighted by Crippen LogP contribution is -2.49. The van der Waals surface area contributed by atoms with Crippen molar-refractivity contribution in [3.05, 3.63) is 58.3 Å². The molecule has 0 spiro atoms. The molecule has 0 unspecified atom stereocenters. The molecule has 2 aromatic rings. The first-order chi connectivity index (χ1) is 9.16. The van der Waals surface area contributed by atoms with Crippen LogP contribution in [0.25, 0.3) is 0 Å². The molecule has 2 rings (SSSR count). The molecule has 1 atom stereocenters. The van der Waals surface area contributed by atoms with E-state index in [2.05, 4.69) is 5.32 Å². The van der Waals surface area contributed by atoms with E-state index in [0.717, 1.165) is 5.56 Å². The van der Waals surface area contributed by atoms with Gasteiger partial charge in [0.25, 0.3) is 5.91 Å². The Bertz CT molecular complexity index is 551. The topological polar surface area (TPSA) is 69.2 Å². The van der Waals surface area contributed by atoms with Crippen molar-refractivity contribution in [1.82, 2.24) is 5.32 Å². The van der Waals surface area contributed by atoms with E-state index in [1.165, 1.54) is 11.3 Å². The number of carbonyl (C=O) groups is 2. The van der Waals surface area contributed by atoms with Gasteiger partial charge in [-0.2, -0.15) is 0 Å². The van der Waals surface area contributed by atoms with Gasteiger partial charge in [0.15, 0.2) is 0 Å². The van der Waals surface area contributed by atoms with E-state index >= 15 is 0 Å². The number of benzene rings is 1. The predicted molar refractivity (Wildman–Crippen MR) is 70.7 cm³/mol. The van der Waals surface area contributed by atoms with Crippen molar-refractivity contribution in [2.75, 3.05) is 0 Å². The van der Waals surface area contributed by atoms with Crippen LogP contribution in [0.1, 0.15) is 15.2 Å². The van der Waals surface area contributed by atoms with Crippen LogP contribution in [0.2, 0.25) is 0 Å². The molecular formula is C14H12NO3S-. The summed E-state index contributed by atoms with van der Waals surface area (Å²) < 4.78 is 0. The van der Waals surface area contributed by atoms with Crippen molar-refractivity contribution in [3.8, 4) is 0 Å². The number of carboxylic acid groups (broad SMARTS) is 1. The molecule has 0 aliphatic carbocycles.